The van der Waals surface area contributed by atoms with Crippen LogP contribution in [-0.2, 0) is 0 Å². The van der Waals surface area contributed by atoms with Crippen molar-refractivity contribution in [1.82, 2.24) is 9.78 Å². The van der Waals surface area contributed by atoms with E-state index in [-0.39, 0.29) is 5.75 Å². The highest BCUT2D eigenvalue weighted by molar-refractivity contribution is 5.40. The normalized spacial score (nSPS) is 10.5. The summed E-state index contributed by atoms with van der Waals surface area (Å²) in [5.41, 5.74) is 2.07. The first-order chi connectivity index (χ1) is 9.74. The van der Waals surface area contributed by atoms with Crippen LogP contribution in [0.3, 0.4) is 0 Å². The van der Waals surface area contributed by atoms with Gasteiger partial charge < -0.3 is 4.74 Å². The minimum Gasteiger partial charge on any atom is -0.451 e. The zero-order chi connectivity index (χ0) is 13.9. The molecule has 0 amide bonds. The molecule has 0 fully saturated rings. The van der Waals surface area contributed by atoms with Gasteiger partial charge in [0.15, 0.2) is 17.3 Å². The number of hydrogen-bond donors (Lipinski definition) is 0. The Bertz CT molecular complexity index is 737. The molecule has 2 aromatic carbocycles. The van der Waals surface area contributed by atoms with Gasteiger partial charge in [-0.15, -0.1) is 0 Å². The molecule has 0 radical (unpaired) electrons. The molecule has 0 atom stereocenters. The second-order valence-electron chi connectivity index (χ2n) is 4.44. The van der Waals surface area contributed by atoms with Gasteiger partial charge >= 0.3 is 0 Å². The van der Waals surface area contributed by atoms with Gasteiger partial charge in [0.2, 0.25) is 0 Å². The number of para-hydroxylation sites is 2. The van der Waals surface area contributed by atoms with Crippen LogP contribution >= 0.6 is 0 Å². The molecular formula is C16H13FN2O. The predicted molar refractivity (Wildman–Crippen MR) is 74.8 cm³/mol. The lowest BCUT2D eigenvalue weighted by atomic mass is 10.2. The Morgan fingerprint density at radius 2 is 1.80 bits per heavy atom. The molecule has 100 valence electrons. The van der Waals surface area contributed by atoms with Gasteiger partial charge in [0.1, 0.15) is 0 Å². The van der Waals surface area contributed by atoms with Crippen molar-refractivity contribution in [3.8, 4) is 17.2 Å². The van der Waals surface area contributed by atoms with Crippen molar-refractivity contribution in [2.75, 3.05) is 0 Å². The van der Waals surface area contributed by atoms with E-state index in [1.165, 1.54) is 6.07 Å². The SMILES string of the molecule is Cc1ccccc1-n1cc(Oc2ccccc2F)cn1. The third-order valence-electron chi connectivity index (χ3n) is 2.99. The molecular weight excluding hydrogens is 255 g/mol. The number of rotatable bonds is 3. The van der Waals surface area contributed by atoms with Gasteiger partial charge in [0, 0.05) is 0 Å². The van der Waals surface area contributed by atoms with Gasteiger partial charge in [-0.2, -0.15) is 5.10 Å². The number of nitrogens with zero attached hydrogens (tertiary/aromatic N) is 2. The van der Waals surface area contributed by atoms with Crippen LogP contribution in [0.1, 0.15) is 5.56 Å². The highest BCUT2D eigenvalue weighted by atomic mass is 19.1. The van der Waals surface area contributed by atoms with E-state index in [9.17, 15) is 4.39 Å². The van der Waals surface area contributed by atoms with Gasteiger partial charge in [0.25, 0.3) is 0 Å². The Labute approximate surface area is 116 Å². The molecule has 1 aromatic heterocycles. The summed E-state index contributed by atoms with van der Waals surface area (Å²) >= 11 is 0. The maximum atomic E-state index is 13.5. The van der Waals surface area contributed by atoms with Crippen molar-refractivity contribution in [2.24, 2.45) is 0 Å². The maximum Gasteiger partial charge on any atom is 0.165 e. The summed E-state index contributed by atoms with van der Waals surface area (Å²) in [5.74, 6) is 0.298. The van der Waals surface area contributed by atoms with Crippen molar-refractivity contribution >= 4 is 0 Å². The minimum atomic E-state index is -0.392. The number of aryl methyl sites for hydroxylation is 1. The number of benzene rings is 2. The van der Waals surface area contributed by atoms with Crippen LogP contribution in [0.2, 0.25) is 0 Å². The van der Waals surface area contributed by atoms with E-state index in [2.05, 4.69) is 5.10 Å². The summed E-state index contributed by atoms with van der Waals surface area (Å²) in [7, 11) is 0. The molecule has 0 unspecified atom stereocenters. The fourth-order valence-electron chi connectivity index (χ4n) is 1.97. The molecule has 0 aliphatic heterocycles. The summed E-state index contributed by atoms with van der Waals surface area (Å²) in [6.45, 7) is 2.01. The first-order valence-corrected chi connectivity index (χ1v) is 6.27. The van der Waals surface area contributed by atoms with Gasteiger partial charge in [-0.3, -0.25) is 0 Å². The first-order valence-electron chi connectivity index (χ1n) is 6.27. The molecule has 20 heavy (non-hydrogen) atoms. The lowest BCUT2D eigenvalue weighted by molar-refractivity contribution is 0.442. The largest absolute Gasteiger partial charge is 0.451 e. The highest BCUT2D eigenvalue weighted by Crippen LogP contribution is 2.24. The van der Waals surface area contributed by atoms with E-state index >= 15 is 0 Å². The fourth-order valence-corrected chi connectivity index (χ4v) is 1.97. The van der Waals surface area contributed by atoms with Crippen LogP contribution in [0, 0.1) is 12.7 Å². The van der Waals surface area contributed by atoms with Crippen LogP contribution in [0.15, 0.2) is 60.9 Å². The lowest BCUT2D eigenvalue weighted by Crippen LogP contribution is -1.96. The second-order valence-corrected chi connectivity index (χ2v) is 4.44. The van der Waals surface area contributed by atoms with E-state index in [0.29, 0.717) is 5.75 Å². The molecule has 4 heteroatoms. The molecule has 3 rings (SSSR count). The molecule has 3 aromatic rings. The molecule has 0 N–H and O–H groups in total. The first kappa shape index (κ1) is 12.4. The van der Waals surface area contributed by atoms with Crippen molar-refractivity contribution in [1.29, 1.82) is 0 Å². The van der Waals surface area contributed by atoms with Gasteiger partial charge in [0.05, 0.1) is 18.1 Å². The molecule has 0 aliphatic carbocycles. The summed E-state index contributed by atoms with van der Waals surface area (Å²) in [5, 5.41) is 4.24. The third-order valence-corrected chi connectivity index (χ3v) is 2.99. The van der Waals surface area contributed by atoms with Crippen molar-refractivity contribution < 1.29 is 9.13 Å². The van der Waals surface area contributed by atoms with Crippen LogP contribution in [0.25, 0.3) is 5.69 Å². The van der Waals surface area contributed by atoms with Crippen LogP contribution in [0.5, 0.6) is 11.5 Å². The molecule has 0 saturated carbocycles. The second kappa shape index (κ2) is 5.17. The third kappa shape index (κ3) is 2.40. The van der Waals surface area contributed by atoms with Crippen molar-refractivity contribution in [2.45, 2.75) is 6.92 Å². The molecule has 0 aliphatic rings. The minimum absolute atomic E-state index is 0.192. The van der Waals surface area contributed by atoms with Gasteiger partial charge in [-0.05, 0) is 30.7 Å². The fraction of sp³-hybridized carbons (Fsp3) is 0.0625. The Hall–Kier alpha value is -2.62. The zero-order valence-corrected chi connectivity index (χ0v) is 11.0. The molecule has 0 saturated heterocycles. The summed E-state index contributed by atoms with van der Waals surface area (Å²) in [6, 6.07) is 14.2. The van der Waals surface area contributed by atoms with Gasteiger partial charge in [-0.1, -0.05) is 30.3 Å². The zero-order valence-electron chi connectivity index (χ0n) is 11.0. The van der Waals surface area contributed by atoms with Crippen molar-refractivity contribution in [3.63, 3.8) is 0 Å². The number of aromatic nitrogens is 2. The smallest absolute Gasteiger partial charge is 0.165 e. The maximum absolute atomic E-state index is 13.5. The van der Waals surface area contributed by atoms with E-state index in [1.807, 2.05) is 31.2 Å². The standard InChI is InChI=1S/C16H13FN2O/c1-12-6-2-4-8-15(12)19-11-13(10-18-19)20-16-9-5-3-7-14(16)17/h2-11H,1H3. The highest BCUT2D eigenvalue weighted by Gasteiger charge is 2.07. The number of ether oxygens (including phenoxy) is 1. The van der Waals surface area contributed by atoms with Crippen LogP contribution < -0.4 is 4.74 Å². The molecule has 0 spiro atoms. The molecule has 0 bridgehead atoms. The summed E-state index contributed by atoms with van der Waals surface area (Å²) in [6.07, 6.45) is 3.30. The number of halogens is 1. The monoisotopic (exact) mass is 268 g/mol. The average molecular weight is 268 g/mol. The van der Waals surface area contributed by atoms with Crippen LogP contribution in [0.4, 0.5) is 4.39 Å². The lowest BCUT2D eigenvalue weighted by Gasteiger charge is -2.05. The van der Waals surface area contributed by atoms with E-state index < -0.39 is 5.82 Å². The summed E-state index contributed by atoms with van der Waals surface area (Å²) in [4.78, 5) is 0. The Kier molecular flexibility index (Phi) is 3.21. The number of hydrogen-bond acceptors (Lipinski definition) is 2. The Morgan fingerprint density at radius 3 is 2.60 bits per heavy atom. The Morgan fingerprint density at radius 1 is 1.05 bits per heavy atom. The average Bonchev–Trinajstić information content (AvgIpc) is 2.90. The van der Waals surface area contributed by atoms with E-state index in [4.69, 9.17) is 4.74 Å². The quantitative estimate of drug-likeness (QED) is 0.714. The van der Waals surface area contributed by atoms with Crippen LogP contribution in [-0.4, -0.2) is 9.78 Å². The topological polar surface area (TPSA) is 27.1 Å². The van der Waals surface area contributed by atoms with Crippen molar-refractivity contribution in [3.05, 3.63) is 72.3 Å². The van der Waals surface area contributed by atoms with E-state index in [1.54, 1.807) is 35.3 Å². The molecule has 3 nitrogen and oxygen atoms in total. The predicted octanol–water partition coefficient (Wildman–Crippen LogP) is 4.11. The Balaban J connectivity index is 1.88. The summed E-state index contributed by atoms with van der Waals surface area (Å²) < 4.78 is 20.7. The van der Waals surface area contributed by atoms with Gasteiger partial charge in [-0.25, -0.2) is 9.07 Å². The van der Waals surface area contributed by atoms with E-state index in [0.717, 1.165) is 11.3 Å². The molecule has 1 heterocycles.